The number of morpholine rings is 1. The van der Waals surface area contributed by atoms with Gasteiger partial charge in [0.1, 0.15) is 0 Å². The number of ether oxygens (including phenoxy) is 1. The number of nitrogens with zero attached hydrogens (tertiary/aromatic N) is 5. The lowest BCUT2D eigenvalue weighted by Gasteiger charge is -2.28. The fourth-order valence-electron chi connectivity index (χ4n) is 5.06. The van der Waals surface area contributed by atoms with Crippen LogP contribution in [0, 0.1) is 0 Å². The first kappa shape index (κ1) is 24.1. The van der Waals surface area contributed by atoms with Gasteiger partial charge in [-0.1, -0.05) is 30.3 Å². The van der Waals surface area contributed by atoms with E-state index in [1.54, 1.807) is 11.3 Å². The van der Waals surface area contributed by atoms with Crippen LogP contribution >= 0.6 is 11.3 Å². The second-order valence-corrected chi connectivity index (χ2v) is 11.2. The monoisotopic (exact) mass is 539 g/mol. The second kappa shape index (κ2) is 10.3. The number of aromatic nitrogens is 4. The molecule has 2 aliphatic rings. The van der Waals surface area contributed by atoms with E-state index in [2.05, 4.69) is 43.5 Å². The highest BCUT2D eigenvalue weighted by molar-refractivity contribution is 7.19. The lowest BCUT2D eigenvalue weighted by atomic mass is 10.1. The summed E-state index contributed by atoms with van der Waals surface area (Å²) in [6.45, 7) is 3.84. The molecule has 0 atom stereocenters. The number of anilines is 2. The predicted molar refractivity (Wildman–Crippen MR) is 154 cm³/mol. The summed E-state index contributed by atoms with van der Waals surface area (Å²) in [7, 11) is 0. The van der Waals surface area contributed by atoms with Crippen molar-refractivity contribution in [2.24, 2.45) is 0 Å². The Kier molecular flexibility index (Phi) is 6.34. The third-order valence-electron chi connectivity index (χ3n) is 7.19. The molecule has 0 unspecified atom stereocenters. The summed E-state index contributed by atoms with van der Waals surface area (Å²) in [5, 5.41) is 11.4. The number of carbonyl (C=O) groups is 1. The van der Waals surface area contributed by atoms with E-state index in [9.17, 15) is 4.79 Å². The molecule has 1 amide bonds. The minimum Gasteiger partial charge on any atom is -0.378 e. The maximum atomic E-state index is 12.8. The number of benzene rings is 2. The van der Waals surface area contributed by atoms with E-state index < -0.39 is 0 Å². The summed E-state index contributed by atoms with van der Waals surface area (Å²) in [6.07, 6.45) is 3.98. The standard InChI is InChI=1S/C29H29N7O2S/c37-26(31-19-9-10-19)18-36(20-5-2-1-3-6-20)17-21-15-25-27(39-21)29(35-11-13-38-14-12-35)33-28(32-25)22-7-4-8-24-23(22)16-30-34-24/h1-8,15-16,19H,9-14,17-18H2,(H,30,34)(H,31,37). The van der Waals surface area contributed by atoms with E-state index in [-0.39, 0.29) is 5.91 Å². The van der Waals surface area contributed by atoms with Gasteiger partial charge in [-0.15, -0.1) is 11.3 Å². The van der Waals surface area contributed by atoms with Gasteiger partial charge in [0.25, 0.3) is 0 Å². The number of hydrogen-bond acceptors (Lipinski definition) is 8. The number of carbonyl (C=O) groups excluding carboxylic acids is 1. The van der Waals surface area contributed by atoms with Crippen molar-refractivity contribution in [2.45, 2.75) is 25.4 Å². The largest absolute Gasteiger partial charge is 0.378 e. The molecule has 7 rings (SSSR count). The zero-order chi connectivity index (χ0) is 26.2. The van der Waals surface area contributed by atoms with Crippen LogP contribution < -0.4 is 15.1 Å². The molecular formula is C29H29N7O2S. The van der Waals surface area contributed by atoms with Crippen LogP contribution in [0.5, 0.6) is 0 Å². The first-order valence-corrected chi connectivity index (χ1v) is 14.2. The molecule has 0 bridgehead atoms. The Hall–Kier alpha value is -4.02. The maximum absolute atomic E-state index is 12.8. The second-order valence-electron chi connectivity index (χ2n) is 10.1. The molecule has 0 radical (unpaired) electrons. The van der Waals surface area contributed by atoms with Crippen LogP contribution in [0.25, 0.3) is 32.5 Å². The zero-order valence-electron chi connectivity index (χ0n) is 21.5. The van der Waals surface area contributed by atoms with Crippen LogP contribution in [0.2, 0.25) is 0 Å². The molecule has 3 aromatic heterocycles. The van der Waals surface area contributed by atoms with Crippen LogP contribution in [0.1, 0.15) is 17.7 Å². The van der Waals surface area contributed by atoms with E-state index in [4.69, 9.17) is 14.7 Å². The molecule has 2 aromatic carbocycles. The first-order chi connectivity index (χ1) is 19.2. The Bertz CT molecular complexity index is 1620. The van der Waals surface area contributed by atoms with Gasteiger partial charge < -0.3 is 19.9 Å². The molecule has 1 aliphatic heterocycles. The molecule has 5 aromatic rings. The third-order valence-corrected chi connectivity index (χ3v) is 8.29. The Labute approximate surface area is 229 Å². The van der Waals surface area contributed by atoms with E-state index in [1.807, 2.05) is 42.6 Å². The molecule has 2 N–H and O–H groups in total. The molecule has 2 fully saturated rings. The average Bonchev–Trinajstić information content (AvgIpc) is 3.48. The van der Waals surface area contributed by atoms with Gasteiger partial charge in [0, 0.05) is 40.6 Å². The van der Waals surface area contributed by atoms with Crippen LogP contribution in [-0.4, -0.2) is 65.0 Å². The van der Waals surface area contributed by atoms with Crippen molar-refractivity contribution in [1.82, 2.24) is 25.5 Å². The lowest BCUT2D eigenvalue weighted by Crippen LogP contribution is -2.37. The van der Waals surface area contributed by atoms with Crippen LogP contribution in [0.15, 0.2) is 60.8 Å². The number of H-pyrrole nitrogens is 1. The smallest absolute Gasteiger partial charge is 0.239 e. The van der Waals surface area contributed by atoms with Crippen molar-refractivity contribution in [1.29, 1.82) is 0 Å². The molecule has 10 heteroatoms. The van der Waals surface area contributed by atoms with E-state index in [0.717, 1.165) is 69.0 Å². The van der Waals surface area contributed by atoms with Crippen LogP contribution in [-0.2, 0) is 16.1 Å². The molecule has 1 saturated carbocycles. The quantitative estimate of drug-likeness (QED) is 0.302. The molecule has 4 heterocycles. The Morgan fingerprint density at radius 2 is 1.95 bits per heavy atom. The highest BCUT2D eigenvalue weighted by Crippen LogP contribution is 2.36. The van der Waals surface area contributed by atoms with Crippen molar-refractivity contribution < 1.29 is 9.53 Å². The normalized spacial score (nSPS) is 15.6. The molecule has 1 aliphatic carbocycles. The highest BCUT2D eigenvalue weighted by atomic mass is 32.1. The molecule has 198 valence electrons. The fourth-order valence-corrected chi connectivity index (χ4v) is 6.18. The van der Waals surface area contributed by atoms with Gasteiger partial charge in [-0.25, -0.2) is 9.97 Å². The SMILES string of the molecule is O=C(CN(Cc1cc2nc(-c3cccc4[nH]ncc34)nc(N3CCOCC3)c2s1)c1ccccc1)NC1CC1. The van der Waals surface area contributed by atoms with Gasteiger partial charge in [0.05, 0.1) is 48.2 Å². The number of thiophene rings is 1. The lowest BCUT2D eigenvalue weighted by molar-refractivity contribution is -0.119. The van der Waals surface area contributed by atoms with E-state index in [1.165, 1.54) is 0 Å². The fraction of sp³-hybridized carbons (Fsp3) is 0.310. The molecular weight excluding hydrogens is 510 g/mol. The summed E-state index contributed by atoms with van der Waals surface area (Å²) in [5.74, 6) is 1.68. The van der Waals surface area contributed by atoms with Crippen molar-refractivity contribution >= 4 is 49.9 Å². The Balaban J connectivity index is 1.28. The third kappa shape index (κ3) is 5.05. The van der Waals surface area contributed by atoms with Gasteiger partial charge in [-0.3, -0.25) is 9.89 Å². The molecule has 39 heavy (non-hydrogen) atoms. The summed E-state index contributed by atoms with van der Waals surface area (Å²) < 4.78 is 6.69. The number of rotatable bonds is 8. The summed E-state index contributed by atoms with van der Waals surface area (Å²) in [5.41, 5.74) is 3.84. The predicted octanol–water partition coefficient (Wildman–Crippen LogP) is 4.36. The number of nitrogens with one attached hydrogen (secondary N) is 2. The first-order valence-electron chi connectivity index (χ1n) is 13.4. The summed E-state index contributed by atoms with van der Waals surface area (Å²) in [4.78, 5) is 28.5. The number of aromatic amines is 1. The van der Waals surface area contributed by atoms with Crippen LogP contribution in [0.4, 0.5) is 11.5 Å². The maximum Gasteiger partial charge on any atom is 0.239 e. The molecule has 9 nitrogen and oxygen atoms in total. The van der Waals surface area contributed by atoms with Crippen molar-refractivity contribution in [3.8, 4) is 11.4 Å². The van der Waals surface area contributed by atoms with Crippen molar-refractivity contribution in [2.75, 3.05) is 42.6 Å². The van der Waals surface area contributed by atoms with Gasteiger partial charge in [0.15, 0.2) is 11.6 Å². The summed E-state index contributed by atoms with van der Waals surface area (Å²) >= 11 is 1.70. The minimum absolute atomic E-state index is 0.0618. The molecule has 0 spiro atoms. The van der Waals surface area contributed by atoms with Gasteiger partial charge >= 0.3 is 0 Å². The van der Waals surface area contributed by atoms with Crippen molar-refractivity contribution in [3.05, 3.63) is 65.7 Å². The average molecular weight is 540 g/mol. The molecule has 1 saturated heterocycles. The van der Waals surface area contributed by atoms with Crippen LogP contribution in [0.3, 0.4) is 0 Å². The van der Waals surface area contributed by atoms with E-state index >= 15 is 0 Å². The topological polar surface area (TPSA) is 99.3 Å². The Morgan fingerprint density at radius 3 is 2.77 bits per heavy atom. The minimum atomic E-state index is 0.0618. The van der Waals surface area contributed by atoms with Gasteiger partial charge in [0.2, 0.25) is 5.91 Å². The van der Waals surface area contributed by atoms with Gasteiger partial charge in [-0.05, 0) is 37.1 Å². The van der Waals surface area contributed by atoms with Crippen molar-refractivity contribution in [3.63, 3.8) is 0 Å². The number of hydrogen-bond donors (Lipinski definition) is 2. The summed E-state index contributed by atoms with van der Waals surface area (Å²) in [6, 6.07) is 18.7. The number of para-hydroxylation sites is 1. The number of amides is 1. The van der Waals surface area contributed by atoms with E-state index in [0.29, 0.717) is 38.2 Å². The highest BCUT2D eigenvalue weighted by Gasteiger charge is 2.25. The van der Waals surface area contributed by atoms with Gasteiger partial charge in [-0.2, -0.15) is 5.10 Å². The zero-order valence-corrected chi connectivity index (χ0v) is 22.3. The number of fused-ring (bicyclic) bond motifs is 2. The Morgan fingerprint density at radius 1 is 1.10 bits per heavy atom.